The molecule has 0 saturated carbocycles. The molecule has 0 spiro atoms. The van der Waals surface area contributed by atoms with Crippen molar-refractivity contribution in [1.29, 1.82) is 0 Å². The summed E-state index contributed by atoms with van der Waals surface area (Å²) >= 11 is 0. The van der Waals surface area contributed by atoms with Crippen LogP contribution in [-0.2, 0) is 57.0 Å². The third kappa shape index (κ3) is 13.0. The molecule has 0 amide bonds. The first-order valence-electron chi connectivity index (χ1n) is 23.8. The molecule has 416 valence electrons. The van der Waals surface area contributed by atoms with Crippen molar-refractivity contribution < 1.29 is 127 Å². The van der Waals surface area contributed by atoms with Crippen LogP contribution in [0.3, 0.4) is 0 Å². The molecule has 10 N–H and O–H groups in total. The number of esters is 4. The Hall–Kier alpha value is -5.76. The molecule has 4 heterocycles. The zero-order chi connectivity index (χ0) is 55.0. The van der Waals surface area contributed by atoms with E-state index in [0.717, 1.165) is 13.0 Å². The van der Waals surface area contributed by atoms with Crippen LogP contribution in [0.2, 0.25) is 0 Å². The number of hydrogen-bond acceptors (Lipinski definition) is 26. The van der Waals surface area contributed by atoms with Crippen molar-refractivity contribution >= 4 is 30.0 Å². The number of carbonyl (C=O) groups is 4. The van der Waals surface area contributed by atoms with E-state index in [1.165, 1.54) is 62.6 Å². The van der Waals surface area contributed by atoms with Crippen molar-refractivity contribution in [3.05, 3.63) is 102 Å². The Bertz CT molecular complexity index is 2440. The third-order valence-corrected chi connectivity index (χ3v) is 12.8. The molecule has 7 rings (SSSR count). The van der Waals surface area contributed by atoms with Crippen LogP contribution < -0.4 is 9.47 Å². The van der Waals surface area contributed by atoms with E-state index in [2.05, 4.69) is 0 Å². The fraction of sp³-hybridized carbons (Fsp3) is 0.520. The van der Waals surface area contributed by atoms with Crippen LogP contribution in [0.4, 0.5) is 0 Å². The van der Waals surface area contributed by atoms with Crippen LogP contribution in [-0.4, -0.2) is 225 Å². The highest BCUT2D eigenvalue weighted by Crippen LogP contribution is 2.40. The Kier molecular flexibility index (Phi) is 19.5. The van der Waals surface area contributed by atoms with E-state index in [1.807, 2.05) is 0 Å². The molecule has 4 fully saturated rings. The summed E-state index contributed by atoms with van der Waals surface area (Å²) in [6.45, 7) is -1.13. The molecule has 0 aliphatic carbocycles. The lowest BCUT2D eigenvalue weighted by molar-refractivity contribution is -0.383. The summed E-state index contributed by atoms with van der Waals surface area (Å²) < 4.78 is 68.4. The summed E-state index contributed by atoms with van der Waals surface area (Å²) in [5.74, 6) is -6.51. The van der Waals surface area contributed by atoms with Gasteiger partial charge in [-0.3, -0.25) is 4.79 Å². The lowest BCUT2D eigenvalue weighted by Gasteiger charge is -2.46. The molecule has 4 aliphatic rings. The number of carbonyl (C=O) groups excluding carboxylic acids is 4. The number of rotatable bonds is 19. The molecule has 19 atom stereocenters. The van der Waals surface area contributed by atoms with Crippen LogP contribution in [0.25, 0.3) is 6.08 Å². The Morgan fingerprint density at radius 2 is 1.25 bits per heavy atom. The summed E-state index contributed by atoms with van der Waals surface area (Å²) in [6.07, 6.45) is -28.7. The van der Waals surface area contributed by atoms with Gasteiger partial charge in [-0.2, -0.15) is 0 Å². The highest BCUT2D eigenvalue weighted by atomic mass is 16.8. The van der Waals surface area contributed by atoms with E-state index in [9.17, 15) is 70.2 Å². The van der Waals surface area contributed by atoms with Crippen molar-refractivity contribution in [2.24, 2.45) is 0 Å². The minimum Gasteiger partial charge on any atom is -0.493 e. The van der Waals surface area contributed by atoms with Crippen LogP contribution in [0.5, 0.6) is 11.5 Å². The molecule has 4 saturated heterocycles. The summed E-state index contributed by atoms with van der Waals surface area (Å²) in [6, 6.07) is 19.5. The fourth-order valence-electron chi connectivity index (χ4n) is 8.70. The SMILES string of the molecule is COc1cc(/C=C/C(=O)O[C@H]2[C@H](O)[C@@H](CO)O[C@@]2(CO)O[C@H]2O[C@H](COC(=O)c3ccccc3)[C@@H](OC(=O)c3ccccc3)[C@H](O)[C@H]2O)ccc1O[C@@H]1O[C@@H](C)[C@H](O)[C@@H](O[C@@H]2O[C@H](CO)[C@@H](O)[C@H](O)[C@H]2O)[C@H]1OC(C)=O. The second-order valence-corrected chi connectivity index (χ2v) is 17.9. The highest BCUT2D eigenvalue weighted by Gasteiger charge is 2.61. The van der Waals surface area contributed by atoms with E-state index < -0.39 is 167 Å². The first-order valence-corrected chi connectivity index (χ1v) is 23.8. The molecule has 0 unspecified atom stereocenters. The quantitative estimate of drug-likeness (QED) is 0.0329. The van der Waals surface area contributed by atoms with Gasteiger partial charge in [-0.1, -0.05) is 42.5 Å². The molecular formula is C50H60O26. The van der Waals surface area contributed by atoms with Gasteiger partial charge in [0.15, 0.2) is 42.4 Å². The summed E-state index contributed by atoms with van der Waals surface area (Å²) in [4.78, 5) is 52.0. The number of aliphatic hydroxyl groups excluding tert-OH is 10. The van der Waals surface area contributed by atoms with Crippen LogP contribution in [0.15, 0.2) is 84.9 Å². The van der Waals surface area contributed by atoms with Gasteiger partial charge in [-0.25, -0.2) is 14.4 Å². The standard InChI is InChI=1S/C50H60O26/c1-23-34(56)42(74-47-39(61)37(59)35(57)30(19-51)70-47)43(68-24(2)54)49(67-23)69-28-16-14-25(18-29(28)65-3)15-17-33(55)72-44-36(58)31(20-52)75-50(44,22-53)76-48-40(62)38(60)41(73-46(64)27-12-8-5-9-13-27)32(71-48)21-66-45(63)26-10-6-4-7-11-26/h4-18,23,30-32,34-44,47-49,51-53,56-62H,19-22H2,1-3H3/b17-15+/t23-,30+,31+,32+,34-,35+,36+,37-,38+,39+,40+,41+,42+,43+,44-,47-,48+,49-,50-/m0/s1. The van der Waals surface area contributed by atoms with Gasteiger partial charge in [0.1, 0.15) is 80.4 Å². The zero-order valence-electron chi connectivity index (χ0n) is 40.9. The van der Waals surface area contributed by atoms with E-state index in [4.69, 9.17) is 56.8 Å². The average molecular weight is 1080 g/mol. The Morgan fingerprint density at radius 3 is 1.87 bits per heavy atom. The molecule has 0 bridgehead atoms. The lowest BCUT2D eigenvalue weighted by atomic mass is 9.97. The Morgan fingerprint density at radius 1 is 0.618 bits per heavy atom. The molecule has 3 aromatic rings. The molecule has 0 radical (unpaired) electrons. The van der Waals surface area contributed by atoms with Crippen LogP contribution in [0, 0.1) is 0 Å². The number of ether oxygens (including phenoxy) is 12. The van der Waals surface area contributed by atoms with E-state index in [0.29, 0.717) is 0 Å². The predicted molar refractivity (Wildman–Crippen MR) is 249 cm³/mol. The van der Waals surface area contributed by atoms with Crippen LogP contribution >= 0.6 is 0 Å². The second kappa shape index (κ2) is 25.6. The molecule has 0 aromatic heterocycles. The summed E-state index contributed by atoms with van der Waals surface area (Å²) in [5.41, 5.74) is 0.451. The smallest absolute Gasteiger partial charge is 0.338 e. The van der Waals surface area contributed by atoms with Crippen molar-refractivity contribution in [3.8, 4) is 11.5 Å². The van der Waals surface area contributed by atoms with Gasteiger partial charge < -0.3 is 108 Å². The minimum atomic E-state index is -2.62. The van der Waals surface area contributed by atoms with E-state index >= 15 is 0 Å². The van der Waals surface area contributed by atoms with Crippen molar-refractivity contribution in [1.82, 2.24) is 0 Å². The first kappa shape index (κ1) is 57.9. The number of benzene rings is 3. The monoisotopic (exact) mass is 1080 g/mol. The third-order valence-electron chi connectivity index (χ3n) is 12.8. The minimum absolute atomic E-state index is 0.00223. The van der Waals surface area contributed by atoms with Gasteiger partial charge in [0.25, 0.3) is 0 Å². The lowest BCUT2D eigenvalue weighted by Crippen LogP contribution is -2.65. The van der Waals surface area contributed by atoms with Gasteiger partial charge in [0, 0.05) is 13.0 Å². The van der Waals surface area contributed by atoms with Gasteiger partial charge in [0.05, 0.1) is 37.6 Å². The van der Waals surface area contributed by atoms with Gasteiger partial charge in [-0.05, 0) is 55.0 Å². The number of hydrogen-bond donors (Lipinski definition) is 10. The van der Waals surface area contributed by atoms with Gasteiger partial charge in [-0.15, -0.1) is 0 Å². The summed E-state index contributed by atoms with van der Waals surface area (Å²) in [7, 11) is 1.27. The molecular weight excluding hydrogens is 1020 g/mol. The average Bonchev–Trinajstić information content (AvgIpc) is 3.71. The fourth-order valence-corrected chi connectivity index (χ4v) is 8.70. The molecule has 3 aromatic carbocycles. The topological polar surface area (TPSA) is 381 Å². The predicted octanol–water partition coefficient (Wildman–Crippen LogP) is -2.79. The largest absolute Gasteiger partial charge is 0.493 e. The Labute approximate surface area is 432 Å². The van der Waals surface area contributed by atoms with Gasteiger partial charge in [0.2, 0.25) is 12.1 Å². The molecule has 26 heteroatoms. The number of aliphatic hydroxyl groups is 10. The molecule has 26 nitrogen and oxygen atoms in total. The molecule has 76 heavy (non-hydrogen) atoms. The summed E-state index contributed by atoms with van der Waals surface area (Å²) in [5, 5.41) is 107. The number of methoxy groups -OCH3 is 1. The normalized spacial score (nSPS) is 35.5. The highest BCUT2D eigenvalue weighted by molar-refractivity contribution is 5.90. The van der Waals surface area contributed by atoms with Crippen molar-refractivity contribution in [2.45, 2.75) is 130 Å². The van der Waals surface area contributed by atoms with Crippen LogP contribution in [0.1, 0.15) is 40.1 Å². The van der Waals surface area contributed by atoms with Crippen molar-refractivity contribution in [2.75, 3.05) is 33.5 Å². The maximum atomic E-state index is 13.5. The zero-order valence-corrected chi connectivity index (χ0v) is 40.9. The van der Waals surface area contributed by atoms with E-state index in [1.54, 1.807) is 36.4 Å². The first-order chi connectivity index (χ1) is 36.3. The maximum absolute atomic E-state index is 13.5. The maximum Gasteiger partial charge on any atom is 0.338 e. The Balaban J connectivity index is 1.06. The van der Waals surface area contributed by atoms with Crippen molar-refractivity contribution in [3.63, 3.8) is 0 Å². The second-order valence-electron chi connectivity index (χ2n) is 17.9. The molecule has 4 aliphatic heterocycles. The van der Waals surface area contributed by atoms with E-state index in [-0.39, 0.29) is 28.2 Å². The van der Waals surface area contributed by atoms with Gasteiger partial charge >= 0.3 is 23.9 Å².